The third-order valence-electron chi connectivity index (χ3n) is 2.61. The van der Waals surface area contributed by atoms with Crippen molar-refractivity contribution in [3.63, 3.8) is 0 Å². The zero-order chi connectivity index (χ0) is 10.8. The molecule has 0 bridgehead atoms. The maximum absolute atomic E-state index is 9.22. The van der Waals surface area contributed by atoms with E-state index in [0.29, 0.717) is 0 Å². The van der Waals surface area contributed by atoms with Gasteiger partial charge in [0.1, 0.15) is 0 Å². The van der Waals surface area contributed by atoms with Crippen LogP contribution in [0.25, 0.3) is 0 Å². The molecule has 1 rings (SSSR count). The lowest BCUT2D eigenvalue weighted by Crippen LogP contribution is -2.21. The molecule has 0 saturated heterocycles. The average Bonchev–Trinajstić information content (AvgIpc) is 2.17. The normalized spacial score (nSPS) is 11.8. The molecule has 2 heteroatoms. The number of halogens is 1. The summed E-state index contributed by atoms with van der Waals surface area (Å²) in [5.41, 5.74) is 2.03. The summed E-state index contributed by atoms with van der Waals surface area (Å²) in [5.74, 6) is 0. The fourth-order valence-electron chi connectivity index (χ4n) is 1.35. The molecule has 0 heterocycles. The van der Waals surface area contributed by atoms with E-state index in [4.69, 9.17) is 11.6 Å². The topological polar surface area (TPSA) is 20.2 Å². The molecule has 0 spiro atoms. The molecule has 1 aromatic rings. The Kier molecular flexibility index (Phi) is 3.57. The number of aliphatic hydroxyl groups excluding tert-OH is 1. The second-order valence-corrected chi connectivity index (χ2v) is 4.61. The van der Waals surface area contributed by atoms with Crippen LogP contribution in [0.3, 0.4) is 0 Å². The summed E-state index contributed by atoms with van der Waals surface area (Å²) >= 11 is 6.11. The van der Waals surface area contributed by atoms with Crippen molar-refractivity contribution >= 4 is 11.6 Å². The molecular weight excluding hydrogens is 196 g/mol. The number of rotatable bonds is 3. The summed E-state index contributed by atoms with van der Waals surface area (Å²) in [7, 11) is 0. The van der Waals surface area contributed by atoms with Gasteiger partial charge in [0.05, 0.1) is 6.61 Å². The highest BCUT2D eigenvalue weighted by Gasteiger charge is 2.19. The summed E-state index contributed by atoms with van der Waals surface area (Å²) in [6, 6.07) is 6.03. The van der Waals surface area contributed by atoms with Gasteiger partial charge in [-0.1, -0.05) is 44.5 Å². The van der Waals surface area contributed by atoms with E-state index in [1.807, 2.05) is 32.0 Å². The quantitative estimate of drug-likeness (QED) is 0.816. The summed E-state index contributed by atoms with van der Waals surface area (Å²) in [6.07, 6.45) is 0.943. The largest absolute Gasteiger partial charge is 0.395 e. The highest BCUT2D eigenvalue weighted by atomic mass is 35.5. The minimum atomic E-state index is -0.212. The van der Waals surface area contributed by atoms with Gasteiger partial charge in [0.15, 0.2) is 0 Å². The Bertz CT molecular complexity index is 318. The predicted molar refractivity (Wildman–Crippen MR) is 60.9 cm³/mol. The fourth-order valence-corrected chi connectivity index (χ4v) is 1.66. The first kappa shape index (κ1) is 11.5. The van der Waals surface area contributed by atoms with Crippen molar-refractivity contribution in [1.82, 2.24) is 0 Å². The average molecular weight is 213 g/mol. The zero-order valence-corrected chi connectivity index (χ0v) is 9.73. The Hall–Kier alpha value is -0.530. The first-order chi connectivity index (χ1) is 6.51. The van der Waals surface area contributed by atoms with E-state index in [9.17, 15) is 5.11 Å². The van der Waals surface area contributed by atoms with Crippen molar-refractivity contribution in [1.29, 1.82) is 0 Å². The second kappa shape index (κ2) is 4.33. The van der Waals surface area contributed by atoms with Crippen LogP contribution in [-0.2, 0) is 11.8 Å². The maximum atomic E-state index is 9.22. The van der Waals surface area contributed by atoms with Crippen LogP contribution in [0.4, 0.5) is 0 Å². The Morgan fingerprint density at radius 3 is 2.43 bits per heavy atom. The number of hydrogen-bond acceptors (Lipinski definition) is 1. The lowest BCUT2D eigenvalue weighted by Gasteiger charge is -2.22. The van der Waals surface area contributed by atoms with Gasteiger partial charge in [-0.15, -0.1) is 0 Å². The summed E-state index contributed by atoms with van der Waals surface area (Å²) < 4.78 is 0. The first-order valence-corrected chi connectivity index (χ1v) is 5.29. The van der Waals surface area contributed by atoms with E-state index in [1.54, 1.807) is 0 Å². The molecule has 0 aliphatic heterocycles. The Morgan fingerprint density at radius 2 is 2.00 bits per heavy atom. The number of hydrogen-bond donors (Lipinski definition) is 1. The van der Waals surface area contributed by atoms with Gasteiger partial charge in [0.2, 0.25) is 0 Å². The smallest absolute Gasteiger partial charge is 0.0522 e. The van der Waals surface area contributed by atoms with E-state index < -0.39 is 0 Å². The molecule has 1 N–H and O–H groups in total. The number of aliphatic hydroxyl groups is 1. The second-order valence-electron chi connectivity index (χ2n) is 4.20. The van der Waals surface area contributed by atoms with E-state index in [1.165, 1.54) is 0 Å². The van der Waals surface area contributed by atoms with Crippen molar-refractivity contribution < 1.29 is 5.11 Å². The molecule has 1 nitrogen and oxygen atoms in total. The standard InChI is InChI=1S/C12H17ClO/c1-4-9-5-6-10(7-11(9)13)12(2,3)8-14/h5-7,14H,4,8H2,1-3H3. The molecule has 0 radical (unpaired) electrons. The summed E-state index contributed by atoms with van der Waals surface area (Å²) in [5, 5.41) is 10.0. The molecule has 78 valence electrons. The molecule has 1 aromatic carbocycles. The molecule has 0 aliphatic carbocycles. The van der Waals surface area contributed by atoms with Gasteiger partial charge in [-0.05, 0) is 23.6 Å². The fraction of sp³-hybridized carbons (Fsp3) is 0.500. The van der Waals surface area contributed by atoms with Crippen LogP contribution < -0.4 is 0 Å². The van der Waals surface area contributed by atoms with Gasteiger partial charge in [-0.3, -0.25) is 0 Å². The SMILES string of the molecule is CCc1ccc(C(C)(C)CO)cc1Cl. The van der Waals surface area contributed by atoms with E-state index in [0.717, 1.165) is 22.6 Å². The lowest BCUT2D eigenvalue weighted by molar-refractivity contribution is 0.218. The third kappa shape index (κ3) is 2.28. The minimum absolute atomic E-state index is 0.134. The van der Waals surface area contributed by atoms with Gasteiger partial charge in [-0.25, -0.2) is 0 Å². The van der Waals surface area contributed by atoms with Gasteiger partial charge in [-0.2, -0.15) is 0 Å². The van der Waals surface area contributed by atoms with Crippen molar-refractivity contribution in [2.24, 2.45) is 0 Å². The summed E-state index contributed by atoms with van der Waals surface area (Å²) in [4.78, 5) is 0. The van der Waals surface area contributed by atoms with Gasteiger partial charge >= 0.3 is 0 Å². The molecule has 0 saturated carbocycles. The first-order valence-electron chi connectivity index (χ1n) is 4.91. The Morgan fingerprint density at radius 1 is 1.36 bits per heavy atom. The van der Waals surface area contributed by atoms with E-state index in [-0.39, 0.29) is 12.0 Å². The van der Waals surface area contributed by atoms with Crippen LogP contribution in [0.5, 0.6) is 0 Å². The van der Waals surface area contributed by atoms with Gasteiger partial charge in [0, 0.05) is 10.4 Å². The molecular formula is C12H17ClO. The van der Waals surface area contributed by atoms with Crippen LogP contribution in [0.1, 0.15) is 31.9 Å². The molecule has 14 heavy (non-hydrogen) atoms. The van der Waals surface area contributed by atoms with Gasteiger partial charge in [0.25, 0.3) is 0 Å². The summed E-state index contributed by atoms with van der Waals surface area (Å²) in [6.45, 7) is 6.22. The van der Waals surface area contributed by atoms with Crippen LogP contribution in [0.2, 0.25) is 5.02 Å². The van der Waals surface area contributed by atoms with Crippen LogP contribution in [0, 0.1) is 0 Å². The molecule has 0 unspecified atom stereocenters. The van der Waals surface area contributed by atoms with Gasteiger partial charge < -0.3 is 5.11 Å². The van der Waals surface area contributed by atoms with Crippen LogP contribution in [-0.4, -0.2) is 11.7 Å². The van der Waals surface area contributed by atoms with Crippen molar-refractivity contribution in [3.05, 3.63) is 34.3 Å². The van der Waals surface area contributed by atoms with Crippen molar-refractivity contribution in [3.8, 4) is 0 Å². The molecule has 0 aliphatic rings. The van der Waals surface area contributed by atoms with Crippen molar-refractivity contribution in [2.75, 3.05) is 6.61 Å². The Labute approximate surface area is 90.7 Å². The molecule has 0 atom stereocenters. The predicted octanol–water partition coefficient (Wildman–Crippen LogP) is 3.17. The molecule has 0 fully saturated rings. The minimum Gasteiger partial charge on any atom is -0.395 e. The van der Waals surface area contributed by atoms with E-state index >= 15 is 0 Å². The number of benzene rings is 1. The monoisotopic (exact) mass is 212 g/mol. The molecule has 0 amide bonds. The third-order valence-corrected chi connectivity index (χ3v) is 2.96. The Balaban J connectivity index is 3.08. The van der Waals surface area contributed by atoms with Crippen molar-refractivity contribution in [2.45, 2.75) is 32.6 Å². The highest BCUT2D eigenvalue weighted by Crippen LogP contribution is 2.27. The zero-order valence-electron chi connectivity index (χ0n) is 8.97. The van der Waals surface area contributed by atoms with Crippen LogP contribution >= 0.6 is 11.6 Å². The van der Waals surface area contributed by atoms with Crippen LogP contribution in [0.15, 0.2) is 18.2 Å². The lowest BCUT2D eigenvalue weighted by atomic mass is 9.85. The van der Waals surface area contributed by atoms with E-state index in [2.05, 4.69) is 6.92 Å². The highest BCUT2D eigenvalue weighted by molar-refractivity contribution is 6.31. The maximum Gasteiger partial charge on any atom is 0.0522 e. The molecule has 0 aromatic heterocycles. The number of aryl methyl sites for hydroxylation is 1.